The lowest BCUT2D eigenvalue weighted by molar-refractivity contribution is 0.0739. The van der Waals surface area contributed by atoms with Gasteiger partial charge in [-0.1, -0.05) is 0 Å². The fourth-order valence-corrected chi connectivity index (χ4v) is 3.43. The Balaban J connectivity index is 1.46. The first-order chi connectivity index (χ1) is 12.1. The van der Waals surface area contributed by atoms with Gasteiger partial charge in [-0.05, 0) is 12.1 Å². The zero-order valence-electron chi connectivity index (χ0n) is 13.7. The third kappa shape index (κ3) is 2.97. The largest absolute Gasteiger partial charge is 0.366 e. The highest BCUT2D eigenvalue weighted by Gasteiger charge is 2.28. The number of nitrogens with one attached hydrogen (secondary N) is 2. The summed E-state index contributed by atoms with van der Waals surface area (Å²) in [4.78, 5) is 16.2. The van der Waals surface area contributed by atoms with Gasteiger partial charge in [-0.15, -0.1) is 0 Å². The second-order valence-electron chi connectivity index (χ2n) is 6.33. The average Bonchev–Trinajstić information content (AvgIpc) is 3.07. The number of carbonyl (C=O) groups is 1. The number of amides is 1. The van der Waals surface area contributed by atoms with Gasteiger partial charge in [0, 0.05) is 63.0 Å². The monoisotopic (exact) mass is 347 g/mol. The molecule has 2 aliphatic rings. The Labute approximate surface area is 143 Å². The number of nitrogens with zero attached hydrogens (tertiary/aromatic N) is 3. The number of carbonyl (C=O) groups excluding carboxylic acids is 1. The van der Waals surface area contributed by atoms with Gasteiger partial charge in [0.1, 0.15) is 11.6 Å². The molecule has 1 aromatic carbocycles. The zero-order chi connectivity index (χ0) is 17.4. The highest BCUT2D eigenvalue weighted by Crippen LogP contribution is 2.23. The Hall–Kier alpha value is -2.48. The van der Waals surface area contributed by atoms with E-state index in [-0.39, 0.29) is 11.6 Å². The van der Waals surface area contributed by atoms with Gasteiger partial charge in [-0.25, -0.2) is 8.78 Å². The molecule has 132 valence electrons. The van der Waals surface area contributed by atoms with Crippen molar-refractivity contribution in [2.75, 3.05) is 37.6 Å². The lowest BCUT2D eigenvalue weighted by atomic mass is 10.1. The van der Waals surface area contributed by atoms with Crippen LogP contribution in [-0.4, -0.2) is 53.7 Å². The molecule has 0 aliphatic carbocycles. The molecule has 0 bridgehead atoms. The van der Waals surface area contributed by atoms with Crippen molar-refractivity contribution in [2.45, 2.75) is 13.0 Å². The highest BCUT2D eigenvalue weighted by molar-refractivity contribution is 5.94. The smallest absolute Gasteiger partial charge is 0.274 e. The third-order valence-corrected chi connectivity index (χ3v) is 4.82. The molecule has 1 fully saturated rings. The summed E-state index contributed by atoms with van der Waals surface area (Å²) < 4.78 is 27.3. The molecule has 6 nitrogen and oxygen atoms in total. The summed E-state index contributed by atoms with van der Waals surface area (Å²) in [5.74, 6) is -1.03. The summed E-state index contributed by atoms with van der Waals surface area (Å²) in [5.41, 5.74) is 2.67. The number of rotatable bonds is 2. The second kappa shape index (κ2) is 6.44. The number of hydrogen-bond acceptors (Lipinski definition) is 4. The molecule has 1 saturated heterocycles. The molecular formula is C17H19F2N5O. The molecule has 2 aliphatic heterocycles. The molecule has 4 rings (SSSR count). The van der Waals surface area contributed by atoms with Crippen LogP contribution in [0.1, 0.15) is 21.7 Å². The maximum atomic E-state index is 13.9. The van der Waals surface area contributed by atoms with Crippen LogP contribution in [0.2, 0.25) is 0 Å². The minimum atomic E-state index is -0.467. The van der Waals surface area contributed by atoms with Crippen LogP contribution in [0.5, 0.6) is 0 Å². The molecule has 8 heteroatoms. The summed E-state index contributed by atoms with van der Waals surface area (Å²) >= 11 is 0. The predicted octanol–water partition coefficient (Wildman–Crippen LogP) is 1.30. The first-order valence-corrected chi connectivity index (χ1v) is 8.39. The molecule has 0 atom stereocenters. The fourth-order valence-electron chi connectivity index (χ4n) is 3.43. The molecule has 0 radical (unpaired) electrons. The van der Waals surface area contributed by atoms with Crippen molar-refractivity contribution in [3.05, 3.63) is 46.8 Å². The topological polar surface area (TPSA) is 64.3 Å². The van der Waals surface area contributed by atoms with E-state index in [1.165, 1.54) is 6.07 Å². The zero-order valence-corrected chi connectivity index (χ0v) is 13.7. The van der Waals surface area contributed by atoms with Crippen LogP contribution in [0, 0.1) is 11.6 Å². The van der Waals surface area contributed by atoms with Gasteiger partial charge in [0.25, 0.3) is 5.91 Å². The molecule has 0 unspecified atom stereocenters. The van der Waals surface area contributed by atoms with E-state index < -0.39 is 11.6 Å². The molecule has 2 N–H and O–H groups in total. The SMILES string of the molecule is O=C(c1n[nH]c2c1CNCC2)N1CCN(c2cc(F)ccc2F)CC1. The van der Waals surface area contributed by atoms with Crippen molar-refractivity contribution in [3.63, 3.8) is 0 Å². The summed E-state index contributed by atoms with van der Waals surface area (Å²) in [6.45, 7) is 3.32. The van der Waals surface area contributed by atoms with E-state index in [1.807, 2.05) is 0 Å². The maximum Gasteiger partial charge on any atom is 0.274 e. The van der Waals surface area contributed by atoms with E-state index in [1.54, 1.807) is 9.80 Å². The minimum Gasteiger partial charge on any atom is -0.366 e. The van der Waals surface area contributed by atoms with E-state index in [0.29, 0.717) is 38.4 Å². The Bertz CT molecular complexity index is 798. The summed E-state index contributed by atoms with van der Waals surface area (Å²) in [7, 11) is 0. The quantitative estimate of drug-likeness (QED) is 0.860. The van der Waals surface area contributed by atoms with E-state index in [0.717, 1.165) is 36.4 Å². The van der Waals surface area contributed by atoms with Gasteiger partial charge >= 0.3 is 0 Å². The molecule has 0 saturated carbocycles. The number of anilines is 1. The number of fused-ring (bicyclic) bond motifs is 1. The Morgan fingerprint density at radius 2 is 1.96 bits per heavy atom. The van der Waals surface area contributed by atoms with Crippen molar-refractivity contribution in [1.82, 2.24) is 20.4 Å². The summed E-state index contributed by atoms with van der Waals surface area (Å²) in [6.07, 6.45) is 0.836. The van der Waals surface area contributed by atoms with Gasteiger partial charge in [0.15, 0.2) is 5.69 Å². The molecule has 1 amide bonds. The molecule has 1 aromatic heterocycles. The first kappa shape index (κ1) is 16.0. The summed E-state index contributed by atoms with van der Waals surface area (Å²) in [6, 6.07) is 3.43. The van der Waals surface area contributed by atoms with Crippen LogP contribution >= 0.6 is 0 Å². The fraction of sp³-hybridized carbons (Fsp3) is 0.412. The van der Waals surface area contributed by atoms with Crippen molar-refractivity contribution >= 4 is 11.6 Å². The Kier molecular flexibility index (Phi) is 4.12. The number of hydrogen-bond donors (Lipinski definition) is 2. The lowest BCUT2D eigenvalue weighted by Crippen LogP contribution is -2.49. The van der Waals surface area contributed by atoms with Crippen LogP contribution in [0.15, 0.2) is 18.2 Å². The number of halogens is 2. The van der Waals surface area contributed by atoms with Crippen LogP contribution in [0.4, 0.5) is 14.5 Å². The normalized spacial score (nSPS) is 17.5. The van der Waals surface area contributed by atoms with Gasteiger partial charge in [0.05, 0.1) is 5.69 Å². The molecule has 25 heavy (non-hydrogen) atoms. The van der Waals surface area contributed by atoms with Crippen LogP contribution in [0.3, 0.4) is 0 Å². The standard InChI is InChI=1S/C17H19F2N5O/c18-11-1-2-13(19)15(9-11)23-5-7-24(8-6-23)17(25)16-12-10-20-4-3-14(12)21-22-16/h1-2,9,20H,3-8,10H2,(H,21,22). The van der Waals surface area contributed by atoms with Crippen molar-refractivity contribution in [3.8, 4) is 0 Å². The number of aromatic amines is 1. The maximum absolute atomic E-state index is 13.9. The van der Waals surface area contributed by atoms with Gasteiger partial charge in [-0.2, -0.15) is 5.10 Å². The third-order valence-electron chi connectivity index (χ3n) is 4.82. The average molecular weight is 347 g/mol. The Morgan fingerprint density at radius 1 is 1.16 bits per heavy atom. The number of H-pyrrole nitrogens is 1. The van der Waals surface area contributed by atoms with E-state index >= 15 is 0 Å². The van der Waals surface area contributed by atoms with E-state index in [9.17, 15) is 13.6 Å². The number of benzene rings is 1. The van der Waals surface area contributed by atoms with Crippen molar-refractivity contribution < 1.29 is 13.6 Å². The lowest BCUT2D eigenvalue weighted by Gasteiger charge is -2.36. The predicted molar refractivity (Wildman–Crippen MR) is 88.5 cm³/mol. The minimum absolute atomic E-state index is 0.111. The highest BCUT2D eigenvalue weighted by atomic mass is 19.1. The van der Waals surface area contributed by atoms with Gasteiger partial charge in [0.2, 0.25) is 0 Å². The molecule has 0 spiro atoms. The van der Waals surface area contributed by atoms with Crippen LogP contribution < -0.4 is 10.2 Å². The number of piperazine rings is 1. The van der Waals surface area contributed by atoms with E-state index in [4.69, 9.17) is 0 Å². The van der Waals surface area contributed by atoms with Crippen LogP contribution in [0.25, 0.3) is 0 Å². The van der Waals surface area contributed by atoms with Crippen molar-refractivity contribution in [2.24, 2.45) is 0 Å². The molecule has 3 heterocycles. The van der Waals surface area contributed by atoms with Crippen LogP contribution in [-0.2, 0) is 13.0 Å². The summed E-state index contributed by atoms with van der Waals surface area (Å²) in [5, 5.41) is 10.4. The molecule has 2 aromatic rings. The first-order valence-electron chi connectivity index (χ1n) is 8.39. The molecular weight excluding hydrogens is 328 g/mol. The van der Waals surface area contributed by atoms with E-state index in [2.05, 4.69) is 15.5 Å². The second-order valence-corrected chi connectivity index (χ2v) is 6.33. The van der Waals surface area contributed by atoms with Crippen molar-refractivity contribution in [1.29, 1.82) is 0 Å². The van der Waals surface area contributed by atoms with Gasteiger partial charge < -0.3 is 15.1 Å². The number of aromatic nitrogens is 2. The Morgan fingerprint density at radius 3 is 2.76 bits per heavy atom. The van der Waals surface area contributed by atoms with Gasteiger partial charge in [-0.3, -0.25) is 9.89 Å².